The standard InChI is InChI=1S/C75H75Si.3ClH.Ti/c1-51-17-11-23-60(29-51)35-66-41-67(36-61-24-12-18-52(2)30-61)45-72(44-66)76(75(10)50-57(7)58(8)59(75)9,73-46-68(37-62-25-13-19-53(3)31-62)42-69(47-73)38-63-26-14-20-54(4)32-63)74-48-70(39-64-27-15-21-55(5)33-64)43-71(49-74)40-65-28-16-22-56(6)34-65;;;;/h11-34,41-49H,35-40H2,1-10H3;3*1H;/q-1;;;;+4/p-3. The summed E-state index contributed by atoms with van der Waals surface area (Å²) in [7, 11) is -3.41. The van der Waals surface area contributed by atoms with E-state index in [1.54, 1.807) is 0 Å². The summed E-state index contributed by atoms with van der Waals surface area (Å²) in [6.07, 6.45) is 9.53. The molecule has 10 rings (SSSR count). The van der Waals surface area contributed by atoms with Gasteiger partial charge in [-0.3, -0.25) is 6.08 Å². The van der Waals surface area contributed by atoms with Gasteiger partial charge in [0.2, 0.25) is 0 Å². The first kappa shape index (κ1) is 63.4. The van der Waals surface area contributed by atoms with Gasteiger partial charge in [-0.2, -0.15) is 11.1 Å². The Bertz CT molecular complexity index is 3160. The molecular formula is C75H75Cl3SiTi. The Morgan fingerprint density at radius 3 is 0.688 bits per heavy atom. The minimum absolute atomic E-state index is 0. The van der Waals surface area contributed by atoms with Crippen LogP contribution in [0.1, 0.15) is 128 Å². The molecule has 1 unspecified atom stereocenters. The number of benzene rings is 9. The fourth-order valence-corrected chi connectivity index (χ4v) is 19.1. The van der Waals surface area contributed by atoms with Crippen LogP contribution in [0.3, 0.4) is 0 Å². The number of hydrogen-bond acceptors (Lipinski definition) is 0. The zero-order chi connectivity index (χ0) is 53.1. The maximum atomic E-state index is 4.43. The average Bonchev–Trinajstić information content (AvgIpc) is 3.70. The average molecular weight is 1160 g/mol. The zero-order valence-electron chi connectivity index (χ0n) is 48.4. The van der Waals surface area contributed by atoms with Crippen LogP contribution in [0.25, 0.3) is 0 Å². The molecule has 0 fully saturated rings. The molecule has 0 heterocycles. The Morgan fingerprint density at radius 2 is 0.512 bits per heavy atom. The van der Waals surface area contributed by atoms with Gasteiger partial charge in [0.25, 0.3) is 0 Å². The third kappa shape index (κ3) is 14.3. The summed E-state index contributed by atoms with van der Waals surface area (Å²) in [6, 6.07) is 78.4. The van der Waals surface area contributed by atoms with E-state index in [-0.39, 0.29) is 58.9 Å². The maximum Gasteiger partial charge on any atom is 4.00 e. The van der Waals surface area contributed by atoms with E-state index in [1.165, 1.54) is 132 Å². The van der Waals surface area contributed by atoms with Crippen molar-refractivity contribution >= 4 is 23.6 Å². The van der Waals surface area contributed by atoms with Crippen molar-refractivity contribution in [3.63, 3.8) is 0 Å². The molecule has 9 aromatic carbocycles. The van der Waals surface area contributed by atoms with E-state index in [2.05, 4.69) is 276 Å². The molecule has 0 saturated heterocycles. The summed E-state index contributed by atoms with van der Waals surface area (Å²) >= 11 is 0. The topological polar surface area (TPSA) is 0 Å². The van der Waals surface area contributed by atoms with E-state index in [0.717, 1.165) is 38.5 Å². The quantitative estimate of drug-likeness (QED) is 0.0538. The third-order valence-electron chi connectivity index (χ3n) is 16.5. The fraction of sp³-hybridized carbons (Fsp3) is 0.227. The van der Waals surface area contributed by atoms with Crippen LogP contribution in [0.5, 0.6) is 0 Å². The summed E-state index contributed by atoms with van der Waals surface area (Å²) in [5.41, 5.74) is 28.0. The Labute approximate surface area is 514 Å². The summed E-state index contributed by atoms with van der Waals surface area (Å²) in [4.78, 5) is 0. The van der Waals surface area contributed by atoms with Crippen LogP contribution in [-0.2, 0) is 60.2 Å². The Hall–Kier alpha value is -5.74. The van der Waals surface area contributed by atoms with Crippen molar-refractivity contribution in [3.05, 3.63) is 323 Å². The first-order chi connectivity index (χ1) is 36.6. The summed E-state index contributed by atoms with van der Waals surface area (Å²) in [6.45, 7) is 23.0. The molecule has 0 aliphatic heterocycles. The van der Waals surface area contributed by atoms with Crippen LogP contribution in [0.15, 0.2) is 217 Å². The molecule has 0 saturated carbocycles. The molecule has 0 nitrogen and oxygen atoms in total. The molecule has 0 spiro atoms. The second-order valence-electron chi connectivity index (χ2n) is 23.0. The third-order valence-corrected chi connectivity index (χ3v) is 21.9. The fourth-order valence-electron chi connectivity index (χ4n) is 12.9. The number of hydrogen-bond donors (Lipinski definition) is 0. The normalized spacial score (nSPS) is 13.8. The number of aryl methyl sites for hydroxylation is 6. The molecule has 404 valence electrons. The van der Waals surface area contributed by atoms with Gasteiger partial charge in [0.1, 0.15) is 8.07 Å². The summed E-state index contributed by atoms with van der Waals surface area (Å²) < 4.78 is 0. The van der Waals surface area contributed by atoms with Gasteiger partial charge in [0.05, 0.1) is 0 Å². The van der Waals surface area contributed by atoms with Crippen LogP contribution < -0.4 is 52.8 Å². The SMILES string of the molecule is CC1=[C-]C(C)([Si](c2cc(Cc3cccc(C)c3)cc(Cc3cccc(C)c3)c2)(c2cc(Cc3cccc(C)c3)cc(Cc3cccc(C)c3)c2)c2cc(Cc3cccc(C)c3)cc(Cc3cccc(C)c3)c2)C(C)=C1C.[Cl-].[Cl-].[Cl-].[Ti+4]. The van der Waals surface area contributed by atoms with Crippen LogP contribution >= 0.6 is 0 Å². The predicted octanol–water partition coefficient (Wildman–Crippen LogP) is 7.42. The molecule has 0 N–H and O–H groups in total. The molecule has 1 aliphatic carbocycles. The van der Waals surface area contributed by atoms with E-state index in [0.29, 0.717) is 0 Å². The Morgan fingerprint density at radius 1 is 0.300 bits per heavy atom. The van der Waals surface area contributed by atoms with Crippen molar-refractivity contribution in [2.75, 3.05) is 0 Å². The van der Waals surface area contributed by atoms with Gasteiger partial charge in [-0.15, -0.1) is 6.92 Å². The van der Waals surface area contributed by atoms with Crippen LogP contribution in [0, 0.1) is 47.6 Å². The molecular weight excluding hydrogens is 1080 g/mol. The molecule has 0 bridgehead atoms. The van der Waals surface area contributed by atoms with E-state index in [1.807, 2.05) is 0 Å². The van der Waals surface area contributed by atoms with Crippen molar-refractivity contribution in [1.29, 1.82) is 0 Å². The minimum atomic E-state index is -3.41. The molecule has 5 heteroatoms. The number of halogens is 3. The van der Waals surface area contributed by atoms with Gasteiger partial charge >= 0.3 is 21.7 Å². The molecule has 0 aromatic heterocycles. The molecule has 80 heavy (non-hydrogen) atoms. The molecule has 1 atom stereocenters. The van der Waals surface area contributed by atoms with Crippen molar-refractivity contribution in [2.45, 2.75) is 113 Å². The second kappa shape index (κ2) is 27.4. The van der Waals surface area contributed by atoms with E-state index >= 15 is 0 Å². The van der Waals surface area contributed by atoms with Gasteiger partial charge in [0.15, 0.2) is 0 Å². The van der Waals surface area contributed by atoms with Gasteiger partial charge in [-0.1, -0.05) is 259 Å². The van der Waals surface area contributed by atoms with E-state index < -0.39 is 13.1 Å². The van der Waals surface area contributed by atoms with E-state index in [9.17, 15) is 0 Å². The van der Waals surface area contributed by atoms with Crippen molar-refractivity contribution < 1.29 is 58.9 Å². The predicted molar refractivity (Wildman–Crippen MR) is 327 cm³/mol. The minimum Gasteiger partial charge on any atom is -1.00 e. The van der Waals surface area contributed by atoms with Crippen LogP contribution in [-0.4, -0.2) is 8.07 Å². The number of allylic oxidation sites excluding steroid dienone is 4. The van der Waals surface area contributed by atoms with Crippen molar-refractivity contribution in [2.24, 2.45) is 0 Å². The van der Waals surface area contributed by atoms with Gasteiger partial charge < -0.3 is 37.2 Å². The van der Waals surface area contributed by atoms with Gasteiger partial charge in [-0.05, 0) is 162 Å². The number of rotatable bonds is 16. The summed E-state index contributed by atoms with van der Waals surface area (Å²) in [5, 5.41) is 3.86. The van der Waals surface area contributed by atoms with Gasteiger partial charge in [0, 0.05) is 0 Å². The smallest absolute Gasteiger partial charge is 1.00 e. The molecule has 0 amide bonds. The Kier molecular flexibility index (Phi) is 21.7. The molecule has 1 aliphatic rings. The largest absolute Gasteiger partial charge is 4.00 e. The van der Waals surface area contributed by atoms with Crippen molar-refractivity contribution in [3.8, 4) is 0 Å². The van der Waals surface area contributed by atoms with Crippen LogP contribution in [0.2, 0.25) is 5.04 Å². The molecule has 9 aromatic rings. The van der Waals surface area contributed by atoms with E-state index in [4.69, 9.17) is 0 Å². The molecule has 0 radical (unpaired) electrons. The first-order valence-electron chi connectivity index (χ1n) is 27.6. The van der Waals surface area contributed by atoms with Gasteiger partial charge in [-0.25, -0.2) is 5.57 Å². The monoisotopic (exact) mass is 1160 g/mol. The first-order valence-corrected chi connectivity index (χ1v) is 29.6. The zero-order valence-corrected chi connectivity index (χ0v) is 53.3. The maximum absolute atomic E-state index is 4.43. The van der Waals surface area contributed by atoms with Crippen LogP contribution in [0.4, 0.5) is 0 Å². The van der Waals surface area contributed by atoms with Crippen molar-refractivity contribution in [1.82, 2.24) is 0 Å². The second-order valence-corrected chi connectivity index (χ2v) is 27.2. The Balaban J connectivity index is 0.00000258. The summed E-state index contributed by atoms with van der Waals surface area (Å²) in [5.74, 6) is 0.